The second kappa shape index (κ2) is 5.57. The van der Waals surface area contributed by atoms with Crippen molar-refractivity contribution in [3.63, 3.8) is 0 Å². The van der Waals surface area contributed by atoms with Crippen LogP contribution in [0.1, 0.15) is 18.9 Å². The van der Waals surface area contributed by atoms with Crippen molar-refractivity contribution in [3.05, 3.63) is 48.3 Å². The van der Waals surface area contributed by atoms with Crippen molar-refractivity contribution in [2.45, 2.75) is 19.0 Å². The molecule has 0 spiro atoms. The third kappa shape index (κ3) is 2.90. The first-order chi connectivity index (χ1) is 8.04. The Bertz CT molecular complexity index is 418. The molecule has 0 aromatic heterocycles. The minimum atomic E-state index is -2.38. The zero-order chi connectivity index (χ0) is 12.9. The molecular weight excluding hydrogens is 226 g/mol. The van der Waals surface area contributed by atoms with Crippen LogP contribution in [0.2, 0.25) is 0 Å². The first kappa shape index (κ1) is 13.4. The van der Waals surface area contributed by atoms with E-state index in [1.165, 1.54) is 24.3 Å². The van der Waals surface area contributed by atoms with Crippen LogP contribution < -0.4 is 0 Å². The van der Waals surface area contributed by atoms with Crippen molar-refractivity contribution in [1.82, 2.24) is 0 Å². The molecule has 1 rings (SSSR count). The maximum absolute atomic E-state index is 14.6. The van der Waals surface area contributed by atoms with E-state index in [0.717, 1.165) is 6.07 Å². The Labute approximate surface area is 98.9 Å². The molecule has 1 atom stereocenters. The van der Waals surface area contributed by atoms with Gasteiger partial charge in [0.1, 0.15) is 5.82 Å². The molecule has 0 amide bonds. The molecule has 4 heteroatoms. The van der Waals surface area contributed by atoms with Gasteiger partial charge < -0.3 is 4.74 Å². The van der Waals surface area contributed by atoms with E-state index in [9.17, 15) is 13.6 Å². The smallest absolute Gasteiger partial charge is 0.348 e. The van der Waals surface area contributed by atoms with Crippen molar-refractivity contribution in [2.24, 2.45) is 0 Å². The summed E-state index contributed by atoms with van der Waals surface area (Å²) < 4.78 is 32.3. The Morgan fingerprint density at radius 1 is 1.59 bits per heavy atom. The van der Waals surface area contributed by atoms with Gasteiger partial charge in [-0.1, -0.05) is 18.2 Å². The van der Waals surface area contributed by atoms with Crippen molar-refractivity contribution >= 4 is 5.97 Å². The second-order valence-electron chi connectivity index (χ2n) is 3.52. The minimum Gasteiger partial charge on any atom is -0.463 e. The van der Waals surface area contributed by atoms with E-state index in [4.69, 9.17) is 0 Å². The van der Waals surface area contributed by atoms with Crippen LogP contribution in [0, 0.1) is 5.82 Å². The second-order valence-corrected chi connectivity index (χ2v) is 3.52. The largest absolute Gasteiger partial charge is 0.463 e. The van der Waals surface area contributed by atoms with Gasteiger partial charge in [-0.25, -0.2) is 13.6 Å². The molecule has 1 aromatic rings. The van der Waals surface area contributed by atoms with Gasteiger partial charge in [-0.05, 0) is 19.1 Å². The summed E-state index contributed by atoms with van der Waals surface area (Å²) >= 11 is 0. The molecular formula is C13H14F2O2. The lowest BCUT2D eigenvalue weighted by Gasteiger charge is -2.22. The Morgan fingerprint density at radius 3 is 2.82 bits per heavy atom. The van der Waals surface area contributed by atoms with Crippen LogP contribution in [-0.2, 0) is 15.2 Å². The van der Waals surface area contributed by atoms with E-state index in [-0.39, 0.29) is 18.6 Å². The Hall–Kier alpha value is -1.71. The Morgan fingerprint density at radius 2 is 2.29 bits per heavy atom. The summed E-state index contributed by atoms with van der Waals surface area (Å²) in [6.07, 6.45) is 1.01. The summed E-state index contributed by atoms with van der Waals surface area (Å²) in [4.78, 5) is 11.6. The number of allylic oxidation sites excluding steroid dienone is 1. The van der Waals surface area contributed by atoms with Gasteiger partial charge in [0.25, 0.3) is 0 Å². The number of hydrogen-bond acceptors (Lipinski definition) is 2. The van der Waals surface area contributed by atoms with E-state index in [0.29, 0.717) is 0 Å². The number of hydrogen-bond donors (Lipinski definition) is 0. The highest BCUT2D eigenvalue weighted by atomic mass is 19.1. The van der Waals surface area contributed by atoms with Crippen molar-refractivity contribution in [1.29, 1.82) is 0 Å². The summed E-state index contributed by atoms with van der Waals surface area (Å²) in [6.45, 7) is 5.04. The topological polar surface area (TPSA) is 26.3 Å². The van der Waals surface area contributed by atoms with Gasteiger partial charge in [-0.15, -0.1) is 6.58 Å². The molecule has 0 bridgehead atoms. The third-order valence-electron chi connectivity index (χ3n) is 2.31. The van der Waals surface area contributed by atoms with Gasteiger partial charge in [0.15, 0.2) is 0 Å². The maximum Gasteiger partial charge on any atom is 0.348 e. The summed E-state index contributed by atoms with van der Waals surface area (Å²) in [5, 5.41) is 0. The van der Waals surface area contributed by atoms with E-state index >= 15 is 0 Å². The summed E-state index contributed by atoms with van der Waals surface area (Å²) in [7, 11) is 0. The first-order valence-corrected chi connectivity index (χ1v) is 5.27. The molecule has 0 N–H and O–H groups in total. The number of alkyl halides is 1. The molecule has 0 heterocycles. The quantitative estimate of drug-likeness (QED) is 0.584. The Kier molecular flexibility index (Phi) is 4.37. The van der Waals surface area contributed by atoms with E-state index in [1.54, 1.807) is 6.92 Å². The highest BCUT2D eigenvalue weighted by Crippen LogP contribution is 2.32. The molecule has 0 aliphatic heterocycles. The van der Waals surface area contributed by atoms with E-state index in [1.807, 2.05) is 0 Å². The van der Waals surface area contributed by atoms with Gasteiger partial charge in [0.05, 0.1) is 6.61 Å². The van der Waals surface area contributed by atoms with Crippen LogP contribution >= 0.6 is 0 Å². The van der Waals surface area contributed by atoms with Crippen LogP contribution in [0.3, 0.4) is 0 Å². The molecule has 1 aromatic carbocycles. The number of benzene rings is 1. The van der Waals surface area contributed by atoms with Crippen LogP contribution in [0.15, 0.2) is 36.9 Å². The average Bonchev–Trinajstić information content (AvgIpc) is 2.29. The predicted octanol–water partition coefficient (Wildman–Crippen LogP) is 3.13. The van der Waals surface area contributed by atoms with E-state index < -0.39 is 17.5 Å². The fraction of sp³-hybridized carbons (Fsp3) is 0.308. The van der Waals surface area contributed by atoms with Crippen molar-refractivity contribution in [2.75, 3.05) is 6.61 Å². The average molecular weight is 240 g/mol. The molecule has 0 aliphatic rings. The molecule has 0 saturated heterocycles. The zero-order valence-electron chi connectivity index (χ0n) is 9.58. The fourth-order valence-electron chi connectivity index (χ4n) is 1.50. The number of esters is 1. The van der Waals surface area contributed by atoms with Gasteiger partial charge in [0, 0.05) is 12.0 Å². The number of halogens is 2. The van der Waals surface area contributed by atoms with E-state index in [2.05, 4.69) is 11.3 Å². The molecule has 2 nitrogen and oxygen atoms in total. The fourth-order valence-corrected chi connectivity index (χ4v) is 1.50. The molecule has 1 unspecified atom stereocenters. The molecule has 0 fully saturated rings. The van der Waals surface area contributed by atoms with Crippen molar-refractivity contribution < 1.29 is 18.3 Å². The van der Waals surface area contributed by atoms with Crippen LogP contribution in [-0.4, -0.2) is 12.6 Å². The van der Waals surface area contributed by atoms with Gasteiger partial charge in [-0.3, -0.25) is 0 Å². The minimum absolute atomic E-state index is 0.0594. The molecule has 17 heavy (non-hydrogen) atoms. The molecule has 0 saturated carbocycles. The van der Waals surface area contributed by atoms with Gasteiger partial charge in [0.2, 0.25) is 5.67 Å². The standard InChI is InChI=1S/C13H14F2O2/c1-3-8-13(15,12(16)17-4-2)10-6-5-7-11(14)9-10/h3,5-7,9H,1,4,8H2,2H3. The van der Waals surface area contributed by atoms with Crippen molar-refractivity contribution in [3.8, 4) is 0 Å². The molecule has 92 valence electrons. The highest BCUT2D eigenvalue weighted by Gasteiger charge is 2.41. The van der Waals surface area contributed by atoms with Gasteiger partial charge in [-0.2, -0.15) is 0 Å². The number of ether oxygens (including phenoxy) is 1. The monoisotopic (exact) mass is 240 g/mol. The van der Waals surface area contributed by atoms with Crippen LogP contribution in [0.4, 0.5) is 8.78 Å². The summed E-state index contributed by atoms with van der Waals surface area (Å²) in [5.41, 5.74) is -2.43. The summed E-state index contributed by atoms with van der Waals surface area (Å²) in [6, 6.07) is 4.87. The summed E-state index contributed by atoms with van der Waals surface area (Å²) in [5.74, 6) is -1.62. The third-order valence-corrected chi connectivity index (χ3v) is 2.31. The molecule has 0 radical (unpaired) electrons. The highest BCUT2D eigenvalue weighted by molar-refractivity contribution is 5.81. The number of carbonyl (C=O) groups is 1. The van der Waals surface area contributed by atoms with Crippen LogP contribution in [0.5, 0.6) is 0 Å². The Balaban J connectivity index is 3.14. The number of carbonyl (C=O) groups excluding carboxylic acids is 1. The maximum atomic E-state index is 14.6. The lowest BCUT2D eigenvalue weighted by Crippen LogP contribution is -2.32. The normalized spacial score (nSPS) is 13.8. The SMILES string of the molecule is C=CCC(F)(C(=O)OCC)c1cccc(F)c1. The lowest BCUT2D eigenvalue weighted by atomic mass is 9.92. The first-order valence-electron chi connectivity index (χ1n) is 5.27. The van der Waals surface area contributed by atoms with Crippen LogP contribution in [0.25, 0.3) is 0 Å². The molecule has 0 aliphatic carbocycles. The number of rotatable bonds is 5. The zero-order valence-corrected chi connectivity index (χ0v) is 9.58. The van der Waals surface area contributed by atoms with Gasteiger partial charge >= 0.3 is 5.97 Å². The lowest BCUT2D eigenvalue weighted by molar-refractivity contribution is -0.158. The predicted molar refractivity (Wildman–Crippen MR) is 60.6 cm³/mol.